The van der Waals surface area contributed by atoms with Crippen molar-refractivity contribution in [3.8, 4) is 6.07 Å². The van der Waals surface area contributed by atoms with Gasteiger partial charge in [-0.25, -0.2) is 0 Å². The van der Waals surface area contributed by atoms with E-state index in [2.05, 4.69) is 23.2 Å². The van der Waals surface area contributed by atoms with Crippen molar-refractivity contribution in [2.24, 2.45) is 0 Å². The molecule has 0 radical (unpaired) electrons. The van der Waals surface area contributed by atoms with E-state index in [1.807, 2.05) is 0 Å². The summed E-state index contributed by atoms with van der Waals surface area (Å²) in [5.41, 5.74) is 0. The smallest absolute Gasteiger partial charge is 0.0978 e. The maximum Gasteiger partial charge on any atom is 0.0978 e. The molecule has 1 N–H and O–H groups in total. The fourth-order valence-electron chi connectivity index (χ4n) is 2.50. The zero-order valence-electron chi connectivity index (χ0n) is 9.58. The van der Waals surface area contributed by atoms with Gasteiger partial charge in [0.15, 0.2) is 0 Å². The van der Waals surface area contributed by atoms with E-state index < -0.39 is 0 Å². The van der Waals surface area contributed by atoms with Crippen molar-refractivity contribution < 1.29 is 0 Å². The summed E-state index contributed by atoms with van der Waals surface area (Å²) in [6, 6.07) is 3.92. The van der Waals surface area contributed by atoms with Crippen molar-refractivity contribution in [2.45, 2.75) is 57.2 Å². The van der Waals surface area contributed by atoms with E-state index in [0.29, 0.717) is 12.1 Å². The number of nitriles is 1. The van der Waals surface area contributed by atoms with Crippen molar-refractivity contribution >= 4 is 0 Å². The Morgan fingerprint density at radius 2 is 2.27 bits per heavy atom. The molecule has 3 nitrogen and oxygen atoms in total. The second-order valence-corrected chi connectivity index (χ2v) is 4.77. The first kappa shape index (κ1) is 10.9. The number of hydrogen-bond acceptors (Lipinski definition) is 3. The van der Waals surface area contributed by atoms with Gasteiger partial charge in [0, 0.05) is 18.6 Å². The molecule has 2 atom stereocenters. The monoisotopic (exact) mass is 207 g/mol. The summed E-state index contributed by atoms with van der Waals surface area (Å²) in [6.07, 6.45) is 6.13. The SMILES string of the molecule is CCC(C#N)N(CC1CCCN1)C1CC1. The van der Waals surface area contributed by atoms with E-state index in [1.165, 1.54) is 25.7 Å². The molecule has 1 aliphatic carbocycles. The fourth-order valence-corrected chi connectivity index (χ4v) is 2.50. The summed E-state index contributed by atoms with van der Waals surface area (Å²) in [6.45, 7) is 4.36. The topological polar surface area (TPSA) is 39.1 Å². The van der Waals surface area contributed by atoms with Crippen LogP contribution in [0, 0.1) is 11.3 Å². The lowest BCUT2D eigenvalue weighted by molar-refractivity contribution is 0.199. The van der Waals surface area contributed by atoms with Crippen LogP contribution in [0.3, 0.4) is 0 Å². The van der Waals surface area contributed by atoms with E-state index >= 15 is 0 Å². The molecule has 0 aromatic carbocycles. The minimum Gasteiger partial charge on any atom is -0.313 e. The lowest BCUT2D eigenvalue weighted by Gasteiger charge is -2.29. The lowest BCUT2D eigenvalue weighted by Crippen LogP contribution is -2.44. The van der Waals surface area contributed by atoms with Gasteiger partial charge >= 0.3 is 0 Å². The Kier molecular flexibility index (Phi) is 3.61. The molecule has 0 aromatic rings. The average Bonchev–Trinajstić information content (AvgIpc) is 2.97. The molecule has 15 heavy (non-hydrogen) atoms. The van der Waals surface area contributed by atoms with Gasteiger partial charge in [0.25, 0.3) is 0 Å². The van der Waals surface area contributed by atoms with Gasteiger partial charge in [-0.15, -0.1) is 0 Å². The predicted octanol–water partition coefficient (Wildman–Crippen LogP) is 1.50. The summed E-state index contributed by atoms with van der Waals surface area (Å²) >= 11 is 0. The Hall–Kier alpha value is -0.590. The van der Waals surface area contributed by atoms with Crippen LogP contribution in [-0.2, 0) is 0 Å². The Morgan fingerprint density at radius 1 is 1.47 bits per heavy atom. The van der Waals surface area contributed by atoms with Crippen molar-refractivity contribution in [1.82, 2.24) is 10.2 Å². The molecule has 1 heterocycles. The number of rotatable bonds is 5. The van der Waals surface area contributed by atoms with Gasteiger partial charge in [-0.1, -0.05) is 6.92 Å². The lowest BCUT2D eigenvalue weighted by atomic mass is 10.1. The Bertz CT molecular complexity index is 236. The molecule has 2 unspecified atom stereocenters. The molecule has 1 saturated carbocycles. The Labute approximate surface area is 92.4 Å². The molecular formula is C12H21N3. The first-order chi connectivity index (χ1) is 7.35. The van der Waals surface area contributed by atoms with E-state index in [-0.39, 0.29) is 6.04 Å². The minimum absolute atomic E-state index is 0.139. The summed E-state index contributed by atoms with van der Waals surface area (Å²) in [5, 5.41) is 12.7. The number of nitrogens with zero attached hydrogens (tertiary/aromatic N) is 2. The molecule has 0 bridgehead atoms. The van der Waals surface area contributed by atoms with Crippen LogP contribution in [0.25, 0.3) is 0 Å². The van der Waals surface area contributed by atoms with Crippen molar-refractivity contribution in [1.29, 1.82) is 5.26 Å². The second-order valence-electron chi connectivity index (χ2n) is 4.77. The summed E-state index contributed by atoms with van der Waals surface area (Å²) in [7, 11) is 0. The molecule has 3 heteroatoms. The normalized spacial score (nSPS) is 27.9. The quantitative estimate of drug-likeness (QED) is 0.742. The molecule has 84 valence electrons. The Morgan fingerprint density at radius 3 is 2.73 bits per heavy atom. The van der Waals surface area contributed by atoms with Gasteiger partial charge in [-0.3, -0.25) is 4.90 Å². The van der Waals surface area contributed by atoms with Crippen LogP contribution < -0.4 is 5.32 Å². The van der Waals surface area contributed by atoms with Gasteiger partial charge in [0.05, 0.1) is 12.1 Å². The zero-order chi connectivity index (χ0) is 10.7. The van der Waals surface area contributed by atoms with Crippen molar-refractivity contribution in [3.63, 3.8) is 0 Å². The second kappa shape index (κ2) is 4.96. The van der Waals surface area contributed by atoms with Gasteiger partial charge in [-0.05, 0) is 38.6 Å². The Balaban J connectivity index is 1.90. The molecule has 0 spiro atoms. The molecule has 0 aromatic heterocycles. The maximum absolute atomic E-state index is 9.13. The van der Waals surface area contributed by atoms with E-state index in [1.54, 1.807) is 0 Å². The molecule has 0 amide bonds. The van der Waals surface area contributed by atoms with Gasteiger partial charge in [0.1, 0.15) is 0 Å². The summed E-state index contributed by atoms with van der Waals surface area (Å²) in [5.74, 6) is 0. The molecule has 2 aliphatic rings. The van der Waals surface area contributed by atoms with Crippen LogP contribution in [-0.4, -0.2) is 36.1 Å². The standard InChI is InChI=1S/C12H21N3/c1-2-11(8-13)15(12-5-6-12)9-10-4-3-7-14-10/h10-12,14H,2-7,9H2,1H3. The van der Waals surface area contributed by atoms with Crippen LogP contribution >= 0.6 is 0 Å². The minimum atomic E-state index is 0.139. The highest BCUT2D eigenvalue weighted by Crippen LogP contribution is 2.30. The zero-order valence-corrected chi connectivity index (χ0v) is 9.58. The largest absolute Gasteiger partial charge is 0.313 e. The highest BCUT2D eigenvalue weighted by atomic mass is 15.2. The highest BCUT2D eigenvalue weighted by molar-refractivity contribution is 4.99. The van der Waals surface area contributed by atoms with Crippen molar-refractivity contribution in [3.05, 3.63) is 0 Å². The molecule has 1 aliphatic heterocycles. The third-order valence-corrected chi connectivity index (χ3v) is 3.55. The molecule has 1 saturated heterocycles. The third kappa shape index (κ3) is 2.70. The van der Waals surface area contributed by atoms with Gasteiger partial charge < -0.3 is 5.32 Å². The predicted molar refractivity (Wildman–Crippen MR) is 60.4 cm³/mol. The fraction of sp³-hybridized carbons (Fsp3) is 0.917. The molecular weight excluding hydrogens is 186 g/mol. The van der Waals surface area contributed by atoms with E-state index in [0.717, 1.165) is 19.5 Å². The summed E-state index contributed by atoms with van der Waals surface area (Å²) in [4.78, 5) is 2.43. The maximum atomic E-state index is 9.13. The van der Waals surface area contributed by atoms with Crippen LogP contribution in [0.2, 0.25) is 0 Å². The molecule has 2 fully saturated rings. The average molecular weight is 207 g/mol. The third-order valence-electron chi connectivity index (χ3n) is 3.55. The van der Waals surface area contributed by atoms with Crippen molar-refractivity contribution in [2.75, 3.05) is 13.1 Å². The molecule has 2 rings (SSSR count). The van der Waals surface area contributed by atoms with Crippen LogP contribution in [0.4, 0.5) is 0 Å². The first-order valence-electron chi connectivity index (χ1n) is 6.24. The van der Waals surface area contributed by atoms with Gasteiger partial charge in [-0.2, -0.15) is 5.26 Å². The van der Waals surface area contributed by atoms with Crippen LogP contribution in [0.5, 0.6) is 0 Å². The number of hydrogen-bond donors (Lipinski definition) is 1. The van der Waals surface area contributed by atoms with Crippen LogP contribution in [0.1, 0.15) is 39.0 Å². The first-order valence-corrected chi connectivity index (χ1v) is 6.24. The van der Waals surface area contributed by atoms with Gasteiger partial charge in [0.2, 0.25) is 0 Å². The highest BCUT2D eigenvalue weighted by Gasteiger charge is 2.35. The van der Waals surface area contributed by atoms with E-state index in [9.17, 15) is 0 Å². The van der Waals surface area contributed by atoms with Crippen LogP contribution in [0.15, 0.2) is 0 Å². The van der Waals surface area contributed by atoms with E-state index in [4.69, 9.17) is 5.26 Å². The number of nitrogens with one attached hydrogen (secondary N) is 1. The summed E-state index contributed by atoms with van der Waals surface area (Å²) < 4.78 is 0.